The lowest BCUT2D eigenvalue weighted by atomic mass is 9.96. The molecule has 12 heteroatoms. The van der Waals surface area contributed by atoms with Crippen LogP contribution in [0, 0.1) is 5.92 Å². The molecular formula is C23H23Cl2N5O5. The summed E-state index contributed by atoms with van der Waals surface area (Å²) in [6, 6.07) is 8.39. The van der Waals surface area contributed by atoms with Gasteiger partial charge in [0.05, 0.1) is 24.3 Å². The summed E-state index contributed by atoms with van der Waals surface area (Å²) in [4.78, 5) is 45.5. The Balaban J connectivity index is 1.69. The second-order valence-corrected chi connectivity index (χ2v) is 9.21. The van der Waals surface area contributed by atoms with Crippen molar-refractivity contribution in [2.45, 2.75) is 45.4 Å². The second-order valence-electron chi connectivity index (χ2n) is 8.37. The van der Waals surface area contributed by atoms with E-state index < -0.39 is 23.3 Å². The van der Waals surface area contributed by atoms with Gasteiger partial charge in [-0.2, -0.15) is 4.98 Å². The summed E-state index contributed by atoms with van der Waals surface area (Å²) in [7, 11) is 0. The number of hydrogen-bond acceptors (Lipinski definition) is 7. The van der Waals surface area contributed by atoms with Crippen LogP contribution in [-0.2, 0) is 17.9 Å². The lowest BCUT2D eigenvalue weighted by Crippen LogP contribution is -2.44. The zero-order chi connectivity index (χ0) is 25.1. The maximum Gasteiger partial charge on any atom is 0.354 e. The number of benzene rings is 1. The molecule has 1 aromatic carbocycles. The Morgan fingerprint density at radius 2 is 1.94 bits per heavy atom. The van der Waals surface area contributed by atoms with Crippen LogP contribution in [0.2, 0.25) is 10.0 Å². The average Bonchev–Trinajstić information content (AvgIpc) is 2.78. The van der Waals surface area contributed by atoms with Gasteiger partial charge in [0.2, 0.25) is 11.8 Å². The number of carboxylic acid groups (broad SMARTS) is 1. The fourth-order valence-corrected chi connectivity index (χ4v) is 3.74. The highest BCUT2D eigenvalue weighted by atomic mass is 35.5. The molecule has 2 aromatic heterocycles. The van der Waals surface area contributed by atoms with Gasteiger partial charge in [0.1, 0.15) is 11.1 Å². The van der Waals surface area contributed by atoms with Crippen LogP contribution in [0.3, 0.4) is 0 Å². The Bertz CT molecular complexity index is 1350. The van der Waals surface area contributed by atoms with Crippen LogP contribution >= 0.6 is 23.2 Å². The van der Waals surface area contributed by atoms with E-state index in [0.717, 1.165) is 29.4 Å². The minimum atomic E-state index is -1.13. The number of halogens is 2. The first-order chi connectivity index (χ1) is 16.7. The molecule has 35 heavy (non-hydrogen) atoms. The largest absolute Gasteiger partial charge is 0.481 e. The number of carbonyl (C=O) groups is 1. The maximum atomic E-state index is 13.3. The fourth-order valence-electron chi connectivity index (χ4n) is 3.40. The van der Waals surface area contributed by atoms with Gasteiger partial charge in [0.25, 0.3) is 0 Å². The minimum Gasteiger partial charge on any atom is -0.481 e. The molecule has 1 unspecified atom stereocenters. The third kappa shape index (κ3) is 5.83. The average molecular weight is 520 g/mol. The number of carboxylic acids is 1. The number of aliphatic carboxylic acids is 1. The zero-order valence-corrected chi connectivity index (χ0v) is 20.3. The van der Waals surface area contributed by atoms with E-state index in [4.69, 9.17) is 27.9 Å². The van der Waals surface area contributed by atoms with E-state index in [1.807, 2.05) is 0 Å². The molecular weight excluding hydrogens is 497 g/mol. The molecule has 0 amide bonds. The van der Waals surface area contributed by atoms with Crippen molar-refractivity contribution in [2.24, 2.45) is 5.92 Å². The van der Waals surface area contributed by atoms with Crippen molar-refractivity contribution in [3.05, 3.63) is 73.1 Å². The van der Waals surface area contributed by atoms with Gasteiger partial charge in [-0.1, -0.05) is 42.3 Å². The molecule has 1 aliphatic carbocycles. The predicted octanol–water partition coefficient (Wildman–Crippen LogP) is 3.55. The van der Waals surface area contributed by atoms with Gasteiger partial charge >= 0.3 is 17.3 Å². The number of ether oxygens (including phenoxy) is 1. The van der Waals surface area contributed by atoms with Crippen LogP contribution in [0.15, 0.2) is 46.1 Å². The monoisotopic (exact) mass is 519 g/mol. The summed E-state index contributed by atoms with van der Waals surface area (Å²) in [5.74, 6) is -1.82. The highest BCUT2D eigenvalue weighted by molar-refractivity contribution is 6.32. The Labute approximate surface area is 210 Å². The normalized spacial score (nSPS) is 14.3. The molecule has 10 nitrogen and oxygen atoms in total. The zero-order valence-electron chi connectivity index (χ0n) is 18.8. The van der Waals surface area contributed by atoms with Gasteiger partial charge in [-0.25, -0.2) is 19.1 Å². The molecule has 1 fully saturated rings. The molecule has 1 aliphatic rings. The molecule has 3 aromatic rings. The van der Waals surface area contributed by atoms with Gasteiger partial charge < -0.3 is 15.2 Å². The molecule has 0 saturated heterocycles. The summed E-state index contributed by atoms with van der Waals surface area (Å²) < 4.78 is 7.80. The van der Waals surface area contributed by atoms with E-state index in [9.17, 15) is 19.5 Å². The third-order valence-corrected chi connectivity index (χ3v) is 6.20. The summed E-state index contributed by atoms with van der Waals surface area (Å²) in [6.07, 6.45) is 4.59. The van der Waals surface area contributed by atoms with E-state index in [1.165, 1.54) is 17.7 Å². The number of nitrogens with zero attached hydrogens (tertiary/aromatic N) is 4. The van der Waals surface area contributed by atoms with Gasteiger partial charge in [-0.05, 0) is 43.0 Å². The quantitative estimate of drug-likeness (QED) is 0.439. The Hall–Kier alpha value is -3.37. The van der Waals surface area contributed by atoms with Crippen LogP contribution < -0.4 is 21.4 Å². The highest BCUT2D eigenvalue weighted by Gasteiger charge is 2.22. The fraction of sp³-hybridized carbons (Fsp3) is 0.348. The van der Waals surface area contributed by atoms with E-state index >= 15 is 0 Å². The number of pyridine rings is 1. The molecule has 184 valence electrons. The van der Waals surface area contributed by atoms with E-state index in [-0.39, 0.29) is 30.2 Å². The molecule has 0 aliphatic heterocycles. The van der Waals surface area contributed by atoms with Gasteiger partial charge in [-0.3, -0.25) is 9.36 Å². The van der Waals surface area contributed by atoms with Crippen LogP contribution in [0.5, 0.6) is 5.88 Å². The number of nitrogens with one attached hydrogen (secondary N) is 1. The van der Waals surface area contributed by atoms with Crippen molar-refractivity contribution in [2.75, 3.05) is 5.32 Å². The predicted molar refractivity (Wildman–Crippen MR) is 131 cm³/mol. The first-order valence-corrected chi connectivity index (χ1v) is 11.7. The Morgan fingerprint density at radius 1 is 1.23 bits per heavy atom. The lowest BCUT2D eigenvalue weighted by Gasteiger charge is -2.26. The Kier molecular flexibility index (Phi) is 7.42. The summed E-state index contributed by atoms with van der Waals surface area (Å²) in [5, 5.41) is 13.0. The van der Waals surface area contributed by atoms with Crippen molar-refractivity contribution in [3.8, 4) is 5.88 Å². The molecule has 4 rings (SSSR count). The lowest BCUT2D eigenvalue weighted by molar-refractivity contribution is -0.141. The van der Waals surface area contributed by atoms with E-state index in [1.54, 1.807) is 30.3 Å². The van der Waals surface area contributed by atoms with E-state index in [0.29, 0.717) is 16.6 Å². The van der Waals surface area contributed by atoms with Crippen LogP contribution in [-0.4, -0.2) is 36.3 Å². The molecule has 0 bridgehead atoms. The SMILES string of the molecule is CC(Cn1c(=O)nc(Nc2cnc(OC3CCC3)c(Cl)c2)n(Cc2ccc(Cl)cc2)c1=O)C(=O)O. The van der Waals surface area contributed by atoms with Crippen molar-refractivity contribution in [1.82, 2.24) is 19.1 Å². The topological polar surface area (TPSA) is 128 Å². The summed E-state index contributed by atoms with van der Waals surface area (Å²) in [6.45, 7) is 1.14. The van der Waals surface area contributed by atoms with Crippen molar-refractivity contribution < 1.29 is 14.6 Å². The number of rotatable bonds is 9. The summed E-state index contributed by atoms with van der Waals surface area (Å²) in [5.41, 5.74) is -0.469. The van der Waals surface area contributed by atoms with Crippen molar-refractivity contribution in [3.63, 3.8) is 0 Å². The van der Waals surface area contributed by atoms with E-state index in [2.05, 4.69) is 15.3 Å². The molecule has 0 spiro atoms. The molecule has 1 saturated carbocycles. The van der Waals surface area contributed by atoms with Crippen molar-refractivity contribution >= 4 is 40.8 Å². The van der Waals surface area contributed by atoms with Gasteiger partial charge in [0, 0.05) is 11.6 Å². The summed E-state index contributed by atoms with van der Waals surface area (Å²) >= 11 is 12.3. The first-order valence-electron chi connectivity index (χ1n) is 11.0. The van der Waals surface area contributed by atoms with Crippen LogP contribution in [0.1, 0.15) is 31.7 Å². The molecule has 2 N–H and O–H groups in total. The smallest absolute Gasteiger partial charge is 0.354 e. The third-order valence-electron chi connectivity index (χ3n) is 5.68. The number of aromatic nitrogens is 4. The second kappa shape index (κ2) is 10.5. The molecule has 1 atom stereocenters. The molecule has 2 heterocycles. The standard InChI is InChI=1S/C23H23Cl2N5O5/c1-13(20(31)32)11-30-22(33)28-21(29(23(30)34)12-14-5-7-15(24)8-6-14)27-16-9-18(25)19(26-10-16)35-17-3-2-4-17/h5-10,13,17H,2-4,11-12H2,1H3,(H,31,32)(H,27,28,33). The van der Waals surface area contributed by atoms with Crippen LogP contribution in [0.25, 0.3) is 0 Å². The number of hydrogen-bond donors (Lipinski definition) is 2. The number of anilines is 2. The first kappa shape index (κ1) is 24.7. The van der Waals surface area contributed by atoms with Gasteiger partial charge in [-0.15, -0.1) is 0 Å². The van der Waals surface area contributed by atoms with Crippen LogP contribution in [0.4, 0.5) is 11.6 Å². The van der Waals surface area contributed by atoms with Crippen molar-refractivity contribution in [1.29, 1.82) is 0 Å². The maximum absolute atomic E-state index is 13.3. The Morgan fingerprint density at radius 3 is 2.54 bits per heavy atom. The molecule has 0 radical (unpaired) electrons. The highest BCUT2D eigenvalue weighted by Crippen LogP contribution is 2.30. The van der Waals surface area contributed by atoms with Gasteiger partial charge in [0.15, 0.2) is 0 Å². The minimum absolute atomic E-state index is 0.0419.